The van der Waals surface area contributed by atoms with E-state index in [1.54, 1.807) is 0 Å². The van der Waals surface area contributed by atoms with Crippen LogP contribution in [0.2, 0.25) is 0 Å². The number of ether oxygens (including phenoxy) is 1. The summed E-state index contributed by atoms with van der Waals surface area (Å²) in [6.07, 6.45) is 9.62. The Hall–Kier alpha value is -0.770. The lowest BCUT2D eigenvalue weighted by Gasteiger charge is -2.40. The summed E-state index contributed by atoms with van der Waals surface area (Å²) in [6.45, 7) is 10.5. The lowest BCUT2D eigenvalue weighted by molar-refractivity contribution is 0.0482. The summed E-state index contributed by atoms with van der Waals surface area (Å²) in [5.41, 5.74) is -0.440. The third-order valence-corrected chi connectivity index (χ3v) is 5.67. The van der Waals surface area contributed by atoms with Gasteiger partial charge in [-0.05, 0) is 58.3 Å². The van der Waals surface area contributed by atoms with Crippen LogP contribution in [0.15, 0.2) is 0 Å². The molecule has 2 aliphatic rings. The summed E-state index contributed by atoms with van der Waals surface area (Å²) in [5.74, 6) is 1.44. The van der Waals surface area contributed by atoms with E-state index in [0.29, 0.717) is 12.1 Å². The minimum absolute atomic E-state index is 0.184. The highest BCUT2D eigenvalue weighted by Gasteiger charge is 2.33. The number of rotatable bonds is 3. The molecule has 0 aromatic heterocycles. The van der Waals surface area contributed by atoms with Gasteiger partial charge in [0, 0.05) is 18.1 Å². The van der Waals surface area contributed by atoms with Crippen molar-refractivity contribution in [3.05, 3.63) is 0 Å². The topological polar surface area (TPSA) is 50.4 Å². The molecule has 2 rings (SSSR count). The van der Waals surface area contributed by atoms with E-state index in [0.717, 1.165) is 24.7 Å². The first-order chi connectivity index (χ1) is 11.3. The molecule has 2 fully saturated rings. The zero-order valence-corrected chi connectivity index (χ0v) is 16.4. The number of hydrogen-bond donors (Lipinski definition) is 2. The SMILES string of the molecule is CC1CCCC(C)C1NC1CCCCCC1NC(=O)OC(C)(C)C. The molecule has 24 heavy (non-hydrogen) atoms. The number of amides is 1. The Morgan fingerprint density at radius 1 is 0.875 bits per heavy atom. The highest BCUT2D eigenvalue weighted by Crippen LogP contribution is 2.30. The number of nitrogens with one attached hydrogen (secondary N) is 2. The van der Waals surface area contributed by atoms with Crippen LogP contribution in [0.4, 0.5) is 4.79 Å². The van der Waals surface area contributed by atoms with Gasteiger partial charge >= 0.3 is 6.09 Å². The molecule has 0 aliphatic heterocycles. The van der Waals surface area contributed by atoms with Gasteiger partial charge in [0.05, 0.1) is 0 Å². The van der Waals surface area contributed by atoms with Gasteiger partial charge in [0.1, 0.15) is 5.60 Å². The van der Waals surface area contributed by atoms with Crippen LogP contribution < -0.4 is 10.6 Å². The maximum atomic E-state index is 12.2. The van der Waals surface area contributed by atoms with Gasteiger partial charge in [-0.2, -0.15) is 0 Å². The van der Waals surface area contributed by atoms with Gasteiger partial charge in [0.2, 0.25) is 0 Å². The Bertz CT molecular complexity index is 395. The van der Waals surface area contributed by atoms with Gasteiger partial charge in [0.25, 0.3) is 0 Å². The lowest BCUT2D eigenvalue weighted by Crippen LogP contribution is -2.56. The van der Waals surface area contributed by atoms with E-state index in [-0.39, 0.29) is 12.1 Å². The summed E-state index contributed by atoms with van der Waals surface area (Å²) < 4.78 is 5.48. The first kappa shape index (κ1) is 19.6. The van der Waals surface area contributed by atoms with Gasteiger partial charge < -0.3 is 15.4 Å². The molecule has 0 heterocycles. The standard InChI is InChI=1S/C20H38N2O2/c1-14-10-9-11-15(2)18(14)21-16-12-7-6-8-13-17(16)22-19(23)24-20(3,4)5/h14-18,21H,6-13H2,1-5H3,(H,22,23). The fourth-order valence-electron chi connectivity index (χ4n) is 4.40. The largest absolute Gasteiger partial charge is 0.444 e. The van der Waals surface area contributed by atoms with Crippen molar-refractivity contribution in [3.8, 4) is 0 Å². The van der Waals surface area contributed by atoms with Gasteiger partial charge in [-0.25, -0.2) is 4.79 Å². The van der Waals surface area contributed by atoms with E-state index in [1.165, 1.54) is 38.5 Å². The Morgan fingerprint density at radius 2 is 1.46 bits per heavy atom. The maximum absolute atomic E-state index is 12.2. The fraction of sp³-hybridized carbons (Fsp3) is 0.950. The summed E-state index contributed by atoms with van der Waals surface area (Å²) in [4.78, 5) is 12.2. The van der Waals surface area contributed by atoms with Crippen LogP contribution in [0.1, 0.15) is 86.0 Å². The molecule has 4 atom stereocenters. The molecule has 0 aromatic rings. The minimum Gasteiger partial charge on any atom is -0.444 e. The Kier molecular flexibility index (Phi) is 6.97. The fourth-order valence-corrected chi connectivity index (χ4v) is 4.40. The van der Waals surface area contributed by atoms with Crippen LogP contribution in [-0.4, -0.2) is 29.8 Å². The van der Waals surface area contributed by atoms with E-state index in [1.807, 2.05) is 20.8 Å². The molecule has 4 unspecified atom stereocenters. The maximum Gasteiger partial charge on any atom is 0.407 e. The highest BCUT2D eigenvalue weighted by molar-refractivity contribution is 5.68. The van der Waals surface area contributed by atoms with Crippen molar-refractivity contribution in [2.75, 3.05) is 0 Å². The molecule has 0 saturated heterocycles. The zero-order chi connectivity index (χ0) is 17.7. The molecular weight excluding hydrogens is 300 g/mol. The van der Waals surface area contributed by atoms with Crippen LogP contribution in [0.25, 0.3) is 0 Å². The summed E-state index contributed by atoms with van der Waals surface area (Å²) in [7, 11) is 0. The molecule has 140 valence electrons. The molecule has 0 radical (unpaired) electrons. The molecular formula is C20H38N2O2. The van der Waals surface area contributed by atoms with Gasteiger partial charge in [0.15, 0.2) is 0 Å². The summed E-state index contributed by atoms with van der Waals surface area (Å²) in [5, 5.41) is 7.11. The Labute approximate surface area is 148 Å². The van der Waals surface area contributed by atoms with Crippen LogP contribution in [-0.2, 0) is 4.74 Å². The smallest absolute Gasteiger partial charge is 0.407 e. The normalized spacial score (nSPS) is 35.1. The van der Waals surface area contributed by atoms with Gasteiger partial charge in [-0.1, -0.05) is 39.5 Å². The molecule has 2 saturated carbocycles. The van der Waals surface area contributed by atoms with E-state index >= 15 is 0 Å². The molecule has 2 N–H and O–H groups in total. The second-order valence-electron chi connectivity index (χ2n) is 9.08. The van der Waals surface area contributed by atoms with Crippen molar-refractivity contribution in [1.82, 2.24) is 10.6 Å². The lowest BCUT2D eigenvalue weighted by atomic mass is 9.78. The summed E-state index contributed by atoms with van der Waals surface area (Å²) in [6, 6.07) is 1.13. The van der Waals surface area contributed by atoms with Crippen molar-refractivity contribution in [3.63, 3.8) is 0 Å². The average molecular weight is 339 g/mol. The van der Waals surface area contributed by atoms with Crippen LogP contribution in [0.3, 0.4) is 0 Å². The third-order valence-electron chi connectivity index (χ3n) is 5.67. The number of carbonyl (C=O) groups is 1. The highest BCUT2D eigenvalue weighted by atomic mass is 16.6. The third kappa shape index (κ3) is 5.94. The summed E-state index contributed by atoms with van der Waals surface area (Å²) >= 11 is 0. The predicted molar refractivity (Wildman–Crippen MR) is 99.1 cm³/mol. The molecule has 1 amide bonds. The van der Waals surface area contributed by atoms with E-state index in [2.05, 4.69) is 24.5 Å². The Balaban J connectivity index is 1.99. The zero-order valence-electron chi connectivity index (χ0n) is 16.4. The second-order valence-corrected chi connectivity index (χ2v) is 9.08. The molecule has 4 nitrogen and oxygen atoms in total. The van der Waals surface area contributed by atoms with Gasteiger partial charge in [-0.3, -0.25) is 0 Å². The monoisotopic (exact) mass is 338 g/mol. The van der Waals surface area contributed by atoms with Crippen molar-refractivity contribution in [2.24, 2.45) is 11.8 Å². The molecule has 4 heteroatoms. The quantitative estimate of drug-likeness (QED) is 0.738. The van der Waals surface area contributed by atoms with Crippen molar-refractivity contribution in [2.45, 2.75) is 110 Å². The predicted octanol–water partition coefficient (Wildman–Crippen LogP) is 4.63. The minimum atomic E-state index is -0.440. The first-order valence-electron chi connectivity index (χ1n) is 10.0. The van der Waals surface area contributed by atoms with Crippen molar-refractivity contribution < 1.29 is 9.53 Å². The molecule has 0 bridgehead atoms. The van der Waals surface area contributed by atoms with E-state index in [4.69, 9.17) is 4.74 Å². The number of hydrogen-bond acceptors (Lipinski definition) is 3. The first-order valence-corrected chi connectivity index (χ1v) is 10.0. The van der Waals surface area contributed by atoms with Crippen LogP contribution in [0, 0.1) is 11.8 Å². The van der Waals surface area contributed by atoms with Crippen LogP contribution in [0.5, 0.6) is 0 Å². The van der Waals surface area contributed by atoms with E-state index in [9.17, 15) is 4.79 Å². The number of alkyl carbamates (subject to hydrolysis) is 1. The molecule has 2 aliphatic carbocycles. The average Bonchev–Trinajstić information content (AvgIpc) is 2.66. The van der Waals surface area contributed by atoms with E-state index < -0.39 is 5.60 Å². The van der Waals surface area contributed by atoms with Crippen LogP contribution >= 0.6 is 0 Å². The molecule has 0 aromatic carbocycles. The van der Waals surface area contributed by atoms with Crippen molar-refractivity contribution >= 4 is 6.09 Å². The Morgan fingerprint density at radius 3 is 2.04 bits per heavy atom. The van der Waals surface area contributed by atoms with Gasteiger partial charge in [-0.15, -0.1) is 0 Å². The number of carbonyl (C=O) groups excluding carboxylic acids is 1. The van der Waals surface area contributed by atoms with Crippen molar-refractivity contribution in [1.29, 1.82) is 0 Å². The second kappa shape index (κ2) is 8.55. The molecule has 0 spiro atoms.